The average Bonchev–Trinajstić information content (AvgIpc) is 3.37. The Labute approximate surface area is 252 Å². The van der Waals surface area contributed by atoms with Crippen molar-refractivity contribution in [3.8, 4) is 23.1 Å². The summed E-state index contributed by atoms with van der Waals surface area (Å²) in [4.78, 5) is 30.5. The molecule has 210 valence electrons. The molecule has 0 fully saturated rings. The molecule has 5 rings (SSSR count). The summed E-state index contributed by atoms with van der Waals surface area (Å²) in [6.45, 7) is 5.78. The molecule has 0 bridgehead atoms. The third-order valence-corrected chi connectivity index (χ3v) is 7.10. The number of fused-ring (bicyclic) bond motifs is 2. The van der Waals surface area contributed by atoms with Crippen molar-refractivity contribution in [2.45, 2.75) is 26.9 Å². The van der Waals surface area contributed by atoms with E-state index in [4.69, 9.17) is 23.6 Å². The second-order valence-electron chi connectivity index (χ2n) is 8.88. The Morgan fingerprint density at radius 3 is 2.68 bits per heavy atom. The molecule has 1 atom stereocenters. The van der Waals surface area contributed by atoms with Gasteiger partial charge in [0.25, 0.3) is 5.56 Å². The van der Waals surface area contributed by atoms with E-state index >= 15 is 0 Å². The number of hydrogen-bond donors (Lipinski definition) is 0. The van der Waals surface area contributed by atoms with Gasteiger partial charge in [-0.1, -0.05) is 28.1 Å². The van der Waals surface area contributed by atoms with Crippen LogP contribution in [0.1, 0.15) is 26.3 Å². The highest BCUT2D eigenvalue weighted by Gasteiger charge is 2.21. The minimum atomic E-state index is -0.848. The van der Waals surface area contributed by atoms with E-state index in [9.17, 15) is 9.59 Å². The van der Waals surface area contributed by atoms with Gasteiger partial charge >= 0.3 is 5.97 Å². The van der Waals surface area contributed by atoms with Gasteiger partial charge in [-0.05, 0) is 90.8 Å². The summed E-state index contributed by atoms with van der Waals surface area (Å²) in [5, 5.41) is 5.80. The van der Waals surface area contributed by atoms with Crippen molar-refractivity contribution in [1.82, 2.24) is 9.66 Å². The highest BCUT2D eigenvalue weighted by molar-refractivity contribution is 9.10. The van der Waals surface area contributed by atoms with Crippen LogP contribution in [-0.2, 0) is 9.53 Å². The third kappa shape index (κ3) is 6.06. The molecule has 2 aromatic heterocycles. The van der Waals surface area contributed by atoms with Gasteiger partial charge in [-0.25, -0.2) is 9.78 Å². The first-order chi connectivity index (χ1) is 19.8. The molecule has 41 heavy (non-hydrogen) atoms. The topological polar surface area (TPSA) is 105 Å². The molecule has 3 aromatic carbocycles. The van der Waals surface area contributed by atoms with Crippen molar-refractivity contribution in [2.75, 3.05) is 13.2 Å². The van der Waals surface area contributed by atoms with Gasteiger partial charge in [0.1, 0.15) is 5.58 Å². The van der Waals surface area contributed by atoms with Gasteiger partial charge in [0, 0.05) is 9.86 Å². The largest absolute Gasteiger partial charge is 0.490 e. The van der Waals surface area contributed by atoms with E-state index in [2.05, 4.69) is 37.0 Å². The number of aromatic nitrogens is 2. The number of halogens is 2. The quantitative estimate of drug-likeness (QED) is 0.122. The Kier molecular flexibility index (Phi) is 8.55. The highest BCUT2D eigenvalue weighted by atomic mass is 79.9. The summed E-state index contributed by atoms with van der Waals surface area (Å²) in [5.74, 6) is 0.909. The molecule has 9 nitrogen and oxygen atoms in total. The van der Waals surface area contributed by atoms with E-state index in [1.807, 2.05) is 37.3 Å². The molecule has 0 unspecified atom stereocenters. The van der Waals surface area contributed by atoms with Crippen molar-refractivity contribution >= 4 is 65.9 Å². The number of esters is 1. The van der Waals surface area contributed by atoms with Gasteiger partial charge in [-0.3, -0.25) is 4.79 Å². The first kappa shape index (κ1) is 28.6. The van der Waals surface area contributed by atoms with Gasteiger partial charge in [-0.15, -0.1) is 0 Å². The monoisotopic (exact) mass is 681 g/mol. The second kappa shape index (κ2) is 12.3. The smallest absolute Gasteiger partial charge is 0.347 e. The number of carbonyl (C=O) groups excluding carboxylic acids is 1. The molecule has 0 radical (unpaired) electrons. The zero-order valence-corrected chi connectivity index (χ0v) is 25.6. The van der Waals surface area contributed by atoms with Gasteiger partial charge < -0.3 is 18.6 Å². The Balaban J connectivity index is 1.59. The van der Waals surface area contributed by atoms with Crippen LogP contribution in [0.5, 0.6) is 11.5 Å². The molecular weight excluding hydrogens is 658 g/mol. The Morgan fingerprint density at radius 1 is 1.10 bits per heavy atom. The number of ether oxygens (including phenoxy) is 3. The summed E-state index contributed by atoms with van der Waals surface area (Å²) in [6, 6.07) is 18.0. The fourth-order valence-electron chi connectivity index (χ4n) is 4.16. The van der Waals surface area contributed by atoms with E-state index in [0.29, 0.717) is 50.4 Å². The standard InChI is InChI=1S/C30H25Br2N3O6/c1-4-38-25-13-18(12-22(32)27(25)40-17(3)30(37)39-5-2)16-33-35-28(34-23-9-7-6-8-21(23)29(35)36)26-15-19-14-20(31)10-11-24(19)41-26/h6-17H,4-5H2,1-3H3/t17-/m1/s1. The van der Waals surface area contributed by atoms with Crippen LogP contribution in [-0.4, -0.2) is 41.2 Å². The summed E-state index contributed by atoms with van der Waals surface area (Å²) in [6.07, 6.45) is 0.672. The van der Waals surface area contributed by atoms with E-state index < -0.39 is 12.1 Å². The number of nitrogens with zero attached hydrogens (tertiary/aromatic N) is 3. The third-order valence-electron chi connectivity index (χ3n) is 6.02. The molecule has 0 N–H and O–H groups in total. The molecular formula is C30H25Br2N3O6. The Morgan fingerprint density at radius 2 is 1.90 bits per heavy atom. The maximum Gasteiger partial charge on any atom is 0.347 e. The zero-order chi connectivity index (χ0) is 29.1. The van der Waals surface area contributed by atoms with E-state index in [0.717, 1.165) is 9.86 Å². The van der Waals surface area contributed by atoms with Gasteiger partial charge in [-0.2, -0.15) is 9.78 Å². The lowest BCUT2D eigenvalue weighted by atomic mass is 10.2. The average molecular weight is 683 g/mol. The van der Waals surface area contributed by atoms with Gasteiger partial charge in [0.05, 0.1) is 34.8 Å². The van der Waals surface area contributed by atoms with Crippen LogP contribution in [0.25, 0.3) is 33.5 Å². The van der Waals surface area contributed by atoms with Crippen LogP contribution < -0.4 is 15.0 Å². The number of para-hydroxylation sites is 1. The lowest BCUT2D eigenvalue weighted by Crippen LogP contribution is -2.26. The summed E-state index contributed by atoms with van der Waals surface area (Å²) >= 11 is 7.00. The fourth-order valence-corrected chi connectivity index (χ4v) is 5.10. The van der Waals surface area contributed by atoms with E-state index in [-0.39, 0.29) is 18.0 Å². The highest BCUT2D eigenvalue weighted by Crippen LogP contribution is 2.37. The zero-order valence-electron chi connectivity index (χ0n) is 22.4. The summed E-state index contributed by atoms with van der Waals surface area (Å²) in [5.41, 5.74) is 1.44. The van der Waals surface area contributed by atoms with Crippen LogP contribution in [0, 0.1) is 0 Å². The number of carbonyl (C=O) groups is 1. The first-order valence-electron chi connectivity index (χ1n) is 12.8. The maximum atomic E-state index is 13.6. The number of rotatable bonds is 9. The number of furan rings is 1. The van der Waals surface area contributed by atoms with Gasteiger partial charge in [0.2, 0.25) is 5.82 Å². The molecule has 0 saturated heterocycles. The number of hydrogen-bond acceptors (Lipinski definition) is 8. The van der Waals surface area contributed by atoms with Crippen LogP contribution in [0.2, 0.25) is 0 Å². The van der Waals surface area contributed by atoms with Gasteiger partial charge in [0.15, 0.2) is 23.4 Å². The molecule has 2 heterocycles. The van der Waals surface area contributed by atoms with Crippen molar-refractivity contribution in [1.29, 1.82) is 0 Å². The minimum Gasteiger partial charge on any atom is -0.490 e. The Bertz CT molecular complexity index is 1850. The van der Waals surface area contributed by atoms with Crippen molar-refractivity contribution in [3.63, 3.8) is 0 Å². The lowest BCUT2D eigenvalue weighted by Gasteiger charge is -2.18. The molecule has 0 saturated carbocycles. The van der Waals surface area contributed by atoms with Crippen molar-refractivity contribution in [3.05, 3.63) is 85.5 Å². The maximum absolute atomic E-state index is 13.6. The van der Waals surface area contributed by atoms with Crippen LogP contribution in [0.15, 0.2) is 83.9 Å². The molecule has 11 heteroatoms. The molecule has 0 aliphatic rings. The first-order valence-corrected chi connectivity index (χ1v) is 14.4. The lowest BCUT2D eigenvalue weighted by molar-refractivity contribution is -0.150. The second-order valence-corrected chi connectivity index (χ2v) is 10.7. The van der Waals surface area contributed by atoms with Crippen LogP contribution in [0.3, 0.4) is 0 Å². The van der Waals surface area contributed by atoms with Crippen LogP contribution in [0.4, 0.5) is 0 Å². The van der Waals surface area contributed by atoms with E-state index in [1.165, 1.54) is 10.9 Å². The van der Waals surface area contributed by atoms with Crippen molar-refractivity contribution in [2.24, 2.45) is 5.10 Å². The predicted molar refractivity (Wildman–Crippen MR) is 164 cm³/mol. The number of benzene rings is 3. The van der Waals surface area contributed by atoms with E-state index in [1.54, 1.807) is 44.2 Å². The predicted octanol–water partition coefficient (Wildman–Crippen LogP) is 6.95. The molecule has 0 aliphatic carbocycles. The van der Waals surface area contributed by atoms with Crippen molar-refractivity contribution < 1.29 is 23.4 Å². The minimum absolute atomic E-state index is 0.248. The molecule has 0 spiro atoms. The molecule has 0 amide bonds. The SMILES string of the molecule is CCOC(=O)[C@@H](C)Oc1c(Br)cc(C=Nn2c(-c3cc4cc(Br)ccc4o3)nc3ccccc3c2=O)cc1OCC. The summed E-state index contributed by atoms with van der Waals surface area (Å²) < 4.78 is 25.4. The molecule has 5 aromatic rings. The Hall–Kier alpha value is -3.96. The van der Waals surface area contributed by atoms with Crippen LogP contribution >= 0.6 is 31.9 Å². The normalized spacial score (nSPS) is 12.2. The summed E-state index contributed by atoms with van der Waals surface area (Å²) in [7, 11) is 0. The molecule has 0 aliphatic heterocycles. The fraction of sp³-hybridized carbons (Fsp3) is 0.200.